The number of methoxy groups -OCH3 is 1. The summed E-state index contributed by atoms with van der Waals surface area (Å²) in [6.07, 6.45) is 2.53. The van der Waals surface area contributed by atoms with Crippen molar-refractivity contribution in [3.63, 3.8) is 0 Å². The number of carbonyl (C=O) groups excluding carboxylic acids is 1. The normalized spacial score (nSPS) is 10.8. The molecule has 32 heavy (non-hydrogen) atoms. The van der Waals surface area contributed by atoms with Gasteiger partial charge in [-0.15, -0.1) is 0 Å². The van der Waals surface area contributed by atoms with Gasteiger partial charge in [0.1, 0.15) is 22.7 Å². The van der Waals surface area contributed by atoms with Gasteiger partial charge >= 0.3 is 0 Å². The molecule has 0 saturated heterocycles. The topological polar surface area (TPSA) is 106 Å². The summed E-state index contributed by atoms with van der Waals surface area (Å²) in [5, 5.41) is 12.2. The maximum Gasteiger partial charge on any atom is 0.262 e. The van der Waals surface area contributed by atoms with Crippen LogP contribution in [0.1, 0.15) is 15.9 Å². The van der Waals surface area contributed by atoms with Crippen molar-refractivity contribution in [2.75, 3.05) is 12.4 Å². The molecular weight excluding hydrogens is 422 g/mol. The number of halogens is 2. The van der Waals surface area contributed by atoms with E-state index in [1.807, 2.05) is 0 Å². The van der Waals surface area contributed by atoms with Crippen LogP contribution in [0, 0.1) is 11.6 Å². The molecule has 4 aromatic rings. The van der Waals surface area contributed by atoms with Gasteiger partial charge in [-0.1, -0.05) is 6.07 Å². The lowest BCUT2D eigenvalue weighted by Crippen LogP contribution is -2.25. The van der Waals surface area contributed by atoms with Gasteiger partial charge in [0.05, 0.1) is 19.2 Å². The highest BCUT2D eigenvalue weighted by atomic mass is 19.1. The van der Waals surface area contributed by atoms with Crippen LogP contribution in [0.5, 0.6) is 11.6 Å². The second kappa shape index (κ2) is 8.42. The number of hydrogen-bond acceptors (Lipinski definition) is 6. The maximum absolute atomic E-state index is 14.3. The number of ether oxygens (including phenoxy) is 1. The van der Waals surface area contributed by atoms with Crippen LogP contribution in [0.25, 0.3) is 11.0 Å². The van der Waals surface area contributed by atoms with Crippen molar-refractivity contribution in [3.05, 3.63) is 87.8 Å². The lowest BCUT2D eigenvalue weighted by molar-refractivity contribution is 0.102. The van der Waals surface area contributed by atoms with E-state index in [2.05, 4.69) is 15.3 Å². The Morgan fingerprint density at radius 2 is 1.91 bits per heavy atom. The summed E-state index contributed by atoms with van der Waals surface area (Å²) in [5.41, 5.74) is -1.21. The minimum atomic E-state index is -0.877. The number of aromatic hydroxyl groups is 1. The van der Waals surface area contributed by atoms with E-state index < -0.39 is 23.0 Å². The molecule has 10 heteroatoms. The second-order valence-electron chi connectivity index (χ2n) is 6.75. The smallest absolute Gasteiger partial charge is 0.262 e. The Hall–Kier alpha value is -4.34. The fourth-order valence-electron chi connectivity index (χ4n) is 3.17. The third kappa shape index (κ3) is 3.85. The molecule has 0 bridgehead atoms. The van der Waals surface area contributed by atoms with Gasteiger partial charge < -0.3 is 19.7 Å². The number of hydrogen-bond donors (Lipinski definition) is 2. The van der Waals surface area contributed by atoms with Crippen LogP contribution in [-0.4, -0.2) is 32.7 Å². The fraction of sp³-hybridized carbons (Fsp3) is 0.0909. The highest BCUT2D eigenvalue weighted by Crippen LogP contribution is 2.21. The largest absolute Gasteiger partial charge is 0.504 e. The predicted octanol–water partition coefficient (Wildman–Crippen LogP) is 3.08. The summed E-state index contributed by atoms with van der Waals surface area (Å²) < 4.78 is 34.9. The Balaban J connectivity index is 1.88. The monoisotopic (exact) mass is 438 g/mol. The molecule has 1 amide bonds. The SMILES string of the molecule is COc1ccc2c(n1)c(=O)c(C(=O)Nc1ncccc1O)cn2Cc1c(F)cccc1F. The molecule has 3 aromatic heterocycles. The van der Waals surface area contributed by atoms with Gasteiger partial charge in [-0.25, -0.2) is 18.7 Å². The molecule has 0 radical (unpaired) electrons. The lowest BCUT2D eigenvalue weighted by atomic mass is 10.1. The molecule has 0 aliphatic carbocycles. The Bertz CT molecular complexity index is 1380. The molecular formula is C22H16F2N4O4. The number of pyridine rings is 3. The first-order valence-corrected chi connectivity index (χ1v) is 9.35. The summed E-state index contributed by atoms with van der Waals surface area (Å²) in [5.74, 6) is -2.75. The number of amides is 1. The van der Waals surface area contributed by atoms with Crippen LogP contribution in [0.2, 0.25) is 0 Å². The van der Waals surface area contributed by atoms with Crippen LogP contribution in [-0.2, 0) is 6.54 Å². The van der Waals surface area contributed by atoms with Crippen molar-refractivity contribution in [2.45, 2.75) is 6.54 Å². The summed E-state index contributed by atoms with van der Waals surface area (Å²) >= 11 is 0. The molecule has 0 saturated carbocycles. The highest BCUT2D eigenvalue weighted by molar-refractivity contribution is 6.05. The Labute approximate surface area is 179 Å². The second-order valence-corrected chi connectivity index (χ2v) is 6.75. The van der Waals surface area contributed by atoms with Crippen molar-refractivity contribution in [3.8, 4) is 11.6 Å². The van der Waals surface area contributed by atoms with E-state index in [1.165, 1.54) is 54.4 Å². The van der Waals surface area contributed by atoms with Crippen LogP contribution < -0.4 is 15.5 Å². The van der Waals surface area contributed by atoms with E-state index in [-0.39, 0.29) is 46.2 Å². The number of anilines is 1. The van der Waals surface area contributed by atoms with Gasteiger partial charge in [0.2, 0.25) is 11.3 Å². The van der Waals surface area contributed by atoms with Crippen LogP contribution >= 0.6 is 0 Å². The average Bonchev–Trinajstić information content (AvgIpc) is 2.79. The fourth-order valence-corrected chi connectivity index (χ4v) is 3.17. The minimum Gasteiger partial charge on any atom is -0.504 e. The average molecular weight is 438 g/mol. The zero-order valence-electron chi connectivity index (χ0n) is 16.7. The third-order valence-corrected chi connectivity index (χ3v) is 4.76. The lowest BCUT2D eigenvalue weighted by Gasteiger charge is -2.15. The number of nitrogens with zero attached hydrogens (tertiary/aromatic N) is 3. The Morgan fingerprint density at radius 1 is 1.16 bits per heavy atom. The third-order valence-electron chi connectivity index (χ3n) is 4.76. The van der Waals surface area contributed by atoms with Gasteiger partial charge in [0.25, 0.3) is 5.91 Å². The number of carbonyl (C=O) groups is 1. The predicted molar refractivity (Wildman–Crippen MR) is 112 cm³/mol. The highest BCUT2D eigenvalue weighted by Gasteiger charge is 2.20. The van der Waals surface area contributed by atoms with Crippen LogP contribution in [0.15, 0.2) is 59.7 Å². The number of rotatable bonds is 5. The first kappa shape index (κ1) is 20.9. The number of benzene rings is 1. The Kier molecular flexibility index (Phi) is 5.50. The van der Waals surface area contributed by atoms with E-state index in [0.717, 1.165) is 12.1 Å². The maximum atomic E-state index is 14.3. The molecule has 3 heterocycles. The summed E-state index contributed by atoms with van der Waals surface area (Å²) in [4.78, 5) is 33.8. The van der Waals surface area contributed by atoms with Gasteiger partial charge in [-0.2, -0.15) is 0 Å². The molecule has 1 aromatic carbocycles. The van der Waals surface area contributed by atoms with E-state index >= 15 is 0 Å². The van der Waals surface area contributed by atoms with Gasteiger partial charge in [-0.05, 0) is 30.3 Å². The first-order valence-electron chi connectivity index (χ1n) is 9.35. The quantitative estimate of drug-likeness (QED) is 0.496. The minimum absolute atomic E-state index is 0.123. The molecule has 4 rings (SSSR count). The standard InChI is InChI=1S/C22H16F2N4O4/c1-32-18-8-7-16-19(26-18)20(30)13(22(31)27-21-17(29)6-3-9-25-21)11-28(16)10-12-14(23)4-2-5-15(12)24/h2-9,11,29H,10H2,1H3,(H,25,27,31). The first-order chi connectivity index (χ1) is 15.4. The summed E-state index contributed by atoms with van der Waals surface area (Å²) in [6, 6.07) is 9.24. The zero-order valence-corrected chi connectivity index (χ0v) is 16.7. The molecule has 8 nitrogen and oxygen atoms in total. The molecule has 0 aliphatic rings. The molecule has 0 spiro atoms. The molecule has 0 fully saturated rings. The van der Waals surface area contributed by atoms with Gasteiger partial charge in [-0.3, -0.25) is 9.59 Å². The summed E-state index contributed by atoms with van der Waals surface area (Å²) in [6.45, 7) is -0.307. The van der Waals surface area contributed by atoms with E-state index in [4.69, 9.17) is 4.74 Å². The van der Waals surface area contributed by atoms with Gasteiger partial charge in [0.15, 0.2) is 11.6 Å². The molecule has 2 N–H and O–H groups in total. The summed E-state index contributed by atoms with van der Waals surface area (Å²) in [7, 11) is 1.36. The van der Waals surface area contributed by atoms with E-state index in [1.54, 1.807) is 0 Å². The number of aromatic nitrogens is 3. The van der Waals surface area contributed by atoms with Crippen molar-refractivity contribution >= 4 is 22.8 Å². The van der Waals surface area contributed by atoms with Gasteiger partial charge in [0, 0.05) is 24.0 Å². The van der Waals surface area contributed by atoms with Crippen molar-refractivity contribution in [2.24, 2.45) is 0 Å². The zero-order chi connectivity index (χ0) is 22.8. The van der Waals surface area contributed by atoms with Crippen molar-refractivity contribution in [1.29, 1.82) is 0 Å². The van der Waals surface area contributed by atoms with E-state index in [0.29, 0.717) is 0 Å². The molecule has 0 atom stereocenters. The van der Waals surface area contributed by atoms with Crippen molar-refractivity contribution < 1.29 is 23.4 Å². The Morgan fingerprint density at radius 3 is 2.59 bits per heavy atom. The number of nitrogens with one attached hydrogen (secondary N) is 1. The van der Waals surface area contributed by atoms with Crippen LogP contribution in [0.3, 0.4) is 0 Å². The molecule has 162 valence electrons. The van der Waals surface area contributed by atoms with Crippen molar-refractivity contribution in [1.82, 2.24) is 14.5 Å². The van der Waals surface area contributed by atoms with Crippen LogP contribution in [0.4, 0.5) is 14.6 Å². The number of fused-ring (bicyclic) bond motifs is 1. The van der Waals surface area contributed by atoms with E-state index in [9.17, 15) is 23.5 Å². The molecule has 0 aliphatic heterocycles. The molecule has 0 unspecified atom stereocenters.